The first-order valence-electron chi connectivity index (χ1n) is 8.37. The Bertz CT molecular complexity index is 1050. The van der Waals surface area contributed by atoms with Gasteiger partial charge in [-0.3, -0.25) is 14.4 Å². The molecular weight excluding hydrogens is 412 g/mol. The maximum absolute atomic E-state index is 12.6. The molecule has 3 aromatic rings. The van der Waals surface area contributed by atoms with Crippen LogP contribution >= 0.6 is 22.9 Å². The van der Waals surface area contributed by atoms with Gasteiger partial charge in [0.1, 0.15) is 0 Å². The van der Waals surface area contributed by atoms with Crippen molar-refractivity contribution in [2.45, 2.75) is 0 Å². The highest BCUT2D eigenvalue weighted by molar-refractivity contribution is 7.11. The van der Waals surface area contributed by atoms with E-state index >= 15 is 0 Å². The Morgan fingerprint density at radius 1 is 0.897 bits per heavy atom. The van der Waals surface area contributed by atoms with Crippen molar-refractivity contribution in [2.75, 3.05) is 10.6 Å². The molecule has 29 heavy (non-hydrogen) atoms. The van der Waals surface area contributed by atoms with Crippen molar-refractivity contribution >= 4 is 58.2 Å². The van der Waals surface area contributed by atoms with Crippen molar-refractivity contribution in [3.63, 3.8) is 0 Å². The third-order valence-electron chi connectivity index (χ3n) is 3.63. The highest BCUT2D eigenvalue weighted by atomic mass is 35.5. The molecule has 0 bridgehead atoms. The van der Waals surface area contributed by atoms with Crippen molar-refractivity contribution in [1.82, 2.24) is 5.43 Å². The maximum Gasteiger partial charge on any atom is 0.329 e. The van der Waals surface area contributed by atoms with Gasteiger partial charge in [0, 0.05) is 15.6 Å². The predicted molar refractivity (Wildman–Crippen MR) is 115 cm³/mol. The molecule has 3 N–H and O–H groups in total. The fourth-order valence-corrected chi connectivity index (χ4v) is 2.98. The van der Waals surface area contributed by atoms with E-state index in [0.717, 1.165) is 4.88 Å². The fraction of sp³-hybridized carbons (Fsp3) is 0. The van der Waals surface area contributed by atoms with Crippen LogP contribution in [0.3, 0.4) is 0 Å². The Labute approximate surface area is 175 Å². The van der Waals surface area contributed by atoms with E-state index in [-0.39, 0.29) is 11.3 Å². The Kier molecular flexibility index (Phi) is 6.72. The molecule has 0 saturated heterocycles. The van der Waals surface area contributed by atoms with Gasteiger partial charge in [0.15, 0.2) is 0 Å². The van der Waals surface area contributed by atoms with Gasteiger partial charge >= 0.3 is 11.8 Å². The summed E-state index contributed by atoms with van der Waals surface area (Å²) in [6.07, 6.45) is 1.43. The van der Waals surface area contributed by atoms with Gasteiger partial charge in [0.25, 0.3) is 5.91 Å². The number of para-hydroxylation sites is 1. The Hall–Kier alpha value is -3.49. The molecule has 0 spiro atoms. The second-order valence-corrected chi connectivity index (χ2v) is 7.09. The number of thiophene rings is 1. The number of nitrogens with one attached hydrogen (secondary N) is 3. The normalized spacial score (nSPS) is 10.5. The van der Waals surface area contributed by atoms with Crippen molar-refractivity contribution in [3.05, 3.63) is 81.5 Å². The van der Waals surface area contributed by atoms with E-state index in [1.165, 1.54) is 29.7 Å². The van der Waals surface area contributed by atoms with Gasteiger partial charge in [-0.05, 0) is 47.8 Å². The number of anilines is 2. The summed E-state index contributed by atoms with van der Waals surface area (Å²) in [5, 5.41) is 11.3. The van der Waals surface area contributed by atoms with Crippen LogP contribution in [0.15, 0.2) is 71.1 Å². The molecule has 1 aromatic heterocycles. The SMILES string of the molecule is O=C(NN=Cc1cccs1)C(=O)Nc1ccccc1C(=O)Nc1ccc(Cl)cc1. The van der Waals surface area contributed by atoms with Gasteiger partial charge in [0.2, 0.25) is 0 Å². The molecule has 0 aliphatic heterocycles. The lowest BCUT2D eigenvalue weighted by Crippen LogP contribution is -2.33. The first kappa shape index (κ1) is 20.2. The van der Waals surface area contributed by atoms with Gasteiger partial charge in [-0.25, -0.2) is 5.43 Å². The van der Waals surface area contributed by atoms with Crippen LogP contribution in [0.1, 0.15) is 15.2 Å². The van der Waals surface area contributed by atoms with E-state index in [1.54, 1.807) is 36.4 Å². The predicted octanol–water partition coefficient (Wildman–Crippen LogP) is 3.74. The molecular formula is C20H15ClN4O3S. The van der Waals surface area contributed by atoms with Gasteiger partial charge in [-0.1, -0.05) is 29.8 Å². The molecule has 0 fully saturated rings. The average molecular weight is 427 g/mol. The van der Waals surface area contributed by atoms with Crippen LogP contribution in [0.25, 0.3) is 0 Å². The standard InChI is InChI=1S/C20H15ClN4O3S/c21-13-7-9-14(10-8-13)23-18(26)16-5-1-2-6-17(16)24-19(27)20(28)25-22-12-15-4-3-11-29-15/h1-12H,(H,23,26)(H,24,27)(H,25,28). The van der Waals surface area contributed by atoms with Crippen molar-refractivity contribution in [3.8, 4) is 0 Å². The minimum absolute atomic E-state index is 0.196. The molecule has 146 valence electrons. The quantitative estimate of drug-likeness (QED) is 0.329. The molecule has 1 heterocycles. The largest absolute Gasteiger partial charge is 0.329 e. The number of rotatable bonds is 5. The van der Waals surface area contributed by atoms with Gasteiger partial charge < -0.3 is 10.6 Å². The second kappa shape index (κ2) is 9.63. The lowest BCUT2D eigenvalue weighted by atomic mass is 10.1. The number of nitrogens with zero attached hydrogens (tertiary/aromatic N) is 1. The van der Waals surface area contributed by atoms with Gasteiger partial charge in [0.05, 0.1) is 17.5 Å². The number of amides is 3. The van der Waals surface area contributed by atoms with E-state index in [4.69, 9.17) is 11.6 Å². The molecule has 2 aromatic carbocycles. The van der Waals surface area contributed by atoms with E-state index < -0.39 is 17.7 Å². The monoisotopic (exact) mass is 426 g/mol. The lowest BCUT2D eigenvalue weighted by molar-refractivity contribution is -0.136. The zero-order valence-corrected chi connectivity index (χ0v) is 16.5. The Balaban J connectivity index is 1.64. The van der Waals surface area contributed by atoms with E-state index in [1.807, 2.05) is 17.5 Å². The first-order chi connectivity index (χ1) is 14.0. The topological polar surface area (TPSA) is 99.7 Å². The molecule has 0 aliphatic rings. The minimum atomic E-state index is -0.953. The Morgan fingerprint density at radius 2 is 1.66 bits per heavy atom. The fourth-order valence-electron chi connectivity index (χ4n) is 2.27. The minimum Gasteiger partial charge on any atom is -0.322 e. The summed E-state index contributed by atoms with van der Waals surface area (Å²) in [5.74, 6) is -2.34. The average Bonchev–Trinajstić information content (AvgIpc) is 3.23. The first-order valence-corrected chi connectivity index (χ1v) is 9.62. The number of hydrogen-bond donors (Lipinski definition) is 3. The van der Waals surface area contributed by atoms with Crippen LogP contribution < -0.4 is 16.1 Å². The van der Waals surface area contributed by atoms with E-state index in [2.05, 4.69) is 21.2 Å². The molecule has 9 heteroatoms. The highest BCUT2D eigenvalue weighted by Crippen LogP contribution is 2.19. The molecule has 0 atom stereocenters. The molecule has 0 aliphatic carbocycles. The third kappa shape index (κ3) is 5.74. The van der Waals surface area contributed by atoms with Crippen LogP contribution in [0, 0.1) is 0 Å². The van der Waals surface area contributed by atoms with Crippen molar-refractivity contribution < 1.29 is 14.4 Å². The van der Waals surface area contributed by atoms with Crippen LogP contribution in [-0.4, -0.2) is 23.9 Å². The third-order valence-corrected chi connectivity index (χ3v) is 4.69. The maximum atomic E-state index is 12.6. The summed E-state index contributed by atoms with van der Waals surface area (Å²) in [4.78, 5) is 37.5. The van der Waals surface area contributed by atoms with Gasteiger partial charge in [-0.15, -0.1) is 11.3 Å². The van der Waals surface area contributed by atoms with Crippen LogP contribution in [0.2, 0.25) is 5.02 Å². The highest BCUT2D eigenvalue weighted by Gasteiger charge is 2.17. The number of benzene rings is 2. The zero-order chi connectivity index (χ0) is 20.6. The summed E-state index contributed by atoms with van der Waals surface area (Å²) < 4.78 is 0. The van der Waals surface area contributed by atoms with Crippen LogP contribution in [-0.2, 0) is 9.59 Å². The molecule has 0 unspecified atom stereocenters. The molecule has 0 saturated carbocycles. The number of hydrazone groups is 1. The molecule has 0 radical (unpaired) electrons. The second-order valence-electron chi connectivity index (χ2n) is 5.68. The number of hydrogen-bond acceptors (Lipinski definition) is 5. The summed E-state index contributed by atoms with van der Waals surface area (Å²) in [6.45, 7) is 0. The molecule has 7 nitrogen and oxygen atoms in total. The van der Waals surface area contributed by atoms with Gasteiger partial charge in [-0.2, -0.15) is 5.10 Å². The zero-order valence-electron chi connectivity index (χ0n) is 14.9. The summed E-state index contributed by atoms with van der Waals surface area (Å²) in [6, 6.07) is 16.6. The Morgan fingerprint density at radius 3 is 2.38 bits per heavy atom. The van der Waals surface area contributed by atoms with Crippen LogP contribution in [0.5, 0.6) is 0 Å². The number of halogens is 1. The molecule has 3 rings (SSSR count). The van der Waals surface area contributed by atoms with Crippen molar-refractivity contribution in [1.29, 1.82) is 0 Å². The summed E-state index contributed by atoms with van der Waals surface area (Å²) in [7, 11) is 0. The van der Waals surface area contributed by atoms with E-state index in [0.29, 0.717) is 10.7 Å². The summed E-state index contributed by atoms with van der Waals surface area (Å²) in [5.41, 5.74) is 3.09. The van der Waals surface area contributed by atoms with E-state index in [9.17, 15) is 14.4 Å². The van der Waals surface area contributed by atoms with Crippen LogP contribution in [0.4, 0.5) is 11.4 Å². The summed E-state index contributed by atoms with van der Waals surface area (Å²) >= 11 is 7.27. The number of carbonyl (C=O) groups excluding carboxylic acids is 3. The lowest BCUT2D eigenvalue weighted by Gasteiger charge is -2.11. The van der Waals surface area contributed by atoms with Crippen molar-refractivity contribution in [2.24, 2.45) is 5.10 Å². The molecule has 3 amide bonds. The smallest absolute Gasteiger partial charge is 0.322 e. The number of carbonyl (C=O) groups is 3.